The molecule has 3 N–H and O–H groups in total. The zero-order valence-electron chi connectivity index (χ0n) is 15.5. The highest BCUT2D eigenvalue weighted by atomic mass is 16.3. The van der Waals surface area contributed by atoms with Crippen LogP contribution in [0.5, 0.6) is 0 Å². The van der Waals surface area contributed by atoms with E-state index in [4.69, 9.17) is 5.73 Å². The van der Waals surface area contributed by atoms with E-state index in [1.807, 2.05) is 43.1 Å². The number of pyridine rings is 1. The van der Waals surface area contributed by atoms with Gasteiger partial charge in [-0.25, -0.2) is 0 Å². The number of piperidine rings is 1. The molecule has 2 saturated heterocycles. The number of hydrogen-bond acceptors (Lipinski definition) is 4. The van der Waals surface area contributed by atoms with Crippen LogP contribution in [0.3, 0.4) is 0 Å². The number of aromatic nitrogens is 2. The lowest BCUT2D eigenvalue weighted by Crippen LogP contribution is -2.58. The Morgan fingerprint density at radius 1 is 1.35 bits per heavy atom. The van der Waals surface area contributed by atoms with Crippen LogP contribution in [-0.4, -0.2) is 49.2 Å². The summed E-state index contributed by atoms with van der Waals surface area (Å²) in [5, 5.41) is 11.3. The van der Waals surface area contributed by atoms with Gasteiger partial charge in [-0.1, -0.05) is 13.8 Å². The maximum atomic E-state index is 12.8. The van der Waals surface area contributed by atoms with Crippen LogP contribution in [0.1, 0.15) is 39.5 Å². The maximum absolute atomic E-state index is 12.8. The Bertz CT molecular complexity index is 801. The van der Waals surface area contributed by atoms with E-state index in [0.29, 0.717) is 19.4 Å². The molecule has 0 saturated carbocycles. The molecule has 6 nitrogen and oxygen atoms in total. The van der Waals surface area contributed by atoms with Gasteiger partial charge in [-0.3, -0.25) is 9.78 Å². The van der Waals surface area contributed by atoms with Crippen LogP contribution < -0.4 is 5.73 Å². The second-order valence-electron chi connectivity index (χ2n) is 8.38. The number of hydrogen-bond donors (Lipinski definition) is 2. The molecule has 1 amide bonds. The fraction of sp³-hybridized carbons (Fsp3) is 0.600. The largest absolute Gasteiger partial charge is 0.388 e. The number of carbonyl (C=O) groups excluding carboxylic acids is 1. The highest BCUT2D eigenvalue weighted by Gasteiger charge is 2.50. The van der Waals surface area contributed by atoms with E-state index in [2.05, 4.69) is 9.55 Å². The predicted octanol–water partition coefficient (Wildman–Crippen LogP) is 1.90. The second-order valence-corrected chi connectivity index (χ2v) is 8.38. The topological polar surface area (TPSA) is 84.4 Å². The van der Waals surface area contributed by atoms with Crippen molar-refractivity contribution >= 4 is 16.9 Å². The molecule has 140 valence electrons. The highest BCUT2D eigenvalue weighted by Crippen LogP contribution is 2.42. The van der Waals surface area contributed by atoms with Gasteiger partial charge >= 0.3 is 0 Å². The second kappa shape index (κ2) is 6.35. The summed E-state index contributed by atoms with van der Waals surface area (Å²) in [6.07, 6.45) is 6.91. The van der Waals surface area contributed by atoms with Crippen LogP contribution in [0.2, 0.25) is 0 Å². The average molecular weight is 356 g/mol. The van der Waals surface area contributed by atoms with Crippen LogP contribution in [0, 0.1) is 5.92 Å². The summed E-state index contributed by atoms with van der Waals surface area (Å²) < 4.78 is 2.08. The molecule has 6 heteroatoms. The van der Waals surface area contributed by atoms with Gasteiger partial charge < -0.3 is 20.3 Å². The first-order valence-corrected chi connectivity index (χ1v) is 9.58. The Balaban J connectivity index is 1.53. The molecule has 2 aliphatic heterocycles. The third kappa shape index (κ3) is 2.91. The number of carbonyl (C=O) groups is 1. The minimum Gasteiger partial charge on any atom is -0.388 e. The van der Waals surface area contributed by atoms with Crippen molar-refractivity contribution in [3.05, 3.63) is 30.6 Å². The summed E-state index contributed by atoms with van der Waals surface area (Å²) in [6, 6.07) is 5.66. The Labute approximate surface area is 154 Å². The van der Waals surface area contributed by atoms with Crippen LogP contribution in [0.15, 0.2) is 30.6 Å². The molecule has 0 spiro atoms. The summed E-state index contributed by atoms with van der Waals surface area (Å²) in [5.74, 6) is 0.173. The fourth-order valence-corrected chi connectivity index (χ4v) is 4.74. The number of nitrogens with zero attached hydrogens (tertiary/aromatic N) is 3. The van der Waals surface area contributed by atoms with Gasteiger partial charge in [0.05, 0.1) is 29.2 Å². The summed E-state index contributed by atoms with van der Waals surface area (Å²) in [6.45, 7) is 4.50. The summed E-state index contributed by atoms with van der Waals surface area (Å²) >= 11 is 0. The SMILES string of the molecule is CC(C)[C@@H](N)C(=O)N1[C@@H]2CC[C@@H]1CC(O)(Cn1ccc3ncccc31)C2. The number of nitrogens with two attached hydrogens (primary N) is 1. The lowest BCUT2D eigenvalue weighted by atomic mass is 9.85. The molecule has 0 aliphatic carbocycles. The first kappa shape index (κ1) is 17.5. The quantitative estimate of drug-likeness (QED) is 0.876. The Morgan fingerprint density at radius 2 is 2.04 bits per heavy atom. The third-order valence-electron chi connectivity index (χ3n) is 6.11. The van der Waals surface area contributed by atoms with E-state index in [1.54, 1.807) is 6.20 Å². The minimum absolute atomic E-state index is 0.0464. The van der Waals surface area contributed by atoms with Gasteiger partial charge in [0.1, 0.15) is 0 Å². The summed E-state index contributed by atoms with van der Waals surface area (Å²) in [5.41, 5.74) is 7.29. The third-order valence-corrected chi connectivity index (χ3v) is 6.11. The molecule has 2 fully saturated rings. The molecule has 4 heterocycles. The van der Waals surface area contributed by atoms with Gasteiger partial charge in [-0.05, 0) is 49.8 Å². The van der Waals surface area contributed by atoms with Crippen molar-refractivity contribution in [3.63, 3.8) is 0 Å². The molecular weight excluding hydrogens is 328 g/mol. The Kier molecular flexibility index (Phi) is 4.28. The van der Waals surface area contributed by atoms with Gasteiger partial charge in [-0.2, -0.15) is 0 Å². The van der Waals surface area contributed by atoms with E-state index >= 15 is 0 Å². The van der Waals surface area contributed by atoms with Crippen LogP contribution >= 0.6 is 0 Å². The normalized spacial score (nSPS) is 29.5. The van der Waals surface area contributed by atoms with E-state index in [9.17, 15) is 9.90 Å². The average Bonchev–Trinajstić information content (AvgIpc) is 3.13. The van der Waals surface area contributed by atoms with E-state index in [1.165, 1.54) is 0 Å². The molecule has 2 bridgehead atoms. The Morgan fingerprint density at radius 3 is 2.69 bits per heavy atom. The van der Waals surface area contributed by atoms with Crippen molar-refractivity contribution in [2.75, 3.05) is 0 Å². The monoisotopic (exact) mass is 356 g/mol. The zero-order valence-corrected chi connectivity index (χ0v) is 15.5. The van der Waals surface area contributed by atoms with Crippen molar-refractivity contribution in [3.8, 4) is 0 Å². The first-order valence-electron chi connectivity index (χ1n) is 9.58. The van der Waals surface area contributed by atoms with Gasteiger partial charge in [0.25, 0.3) is 0 Å². The van der Waals surface area contributed by atoms with E-state index < -0.39 is 11.6 Å². The Hall–Kier alpha value is -1.92. The highest BCUT2D eigenvalue weighted by molar-refractivity contribution is 5.83. The van der Waals surface area contributed by atoms with Gasteiger partial charge in [0.2, 0.25) is 5.91 Å². The number of aliphatic hydroxyl groups is 1. The molecule has 2 aromatic heterocycles. The summed E-state index contributed by atoms with van der Waals surface area (Å²) in [7, 11) is 0. The lowest BCUT2D eigenvalue weighted by molar-refractivity contribution is -0.144. The van der Waals surface area contributed by atoms with E-state index in [0.717, 1.165) is 23.9 Å². The molecular formula is C20H28N4O2. The first-order chi connectivity index (χ1) is 12.4. The van der Waals surface area contributed by atoms with Crippen molar-refractivity contribution in [2.24, 2.45) is 11.7 Å². The fourth-order valence-electron chi connectivity index (χ4n) is 4.74. The number of rotatable bonds is 4. The van der Waals surface area contributed by atoms with Crippen LogP contribution in [0.4, 0.5) is 0 Å². The van der Waals surface area contributed by atoms with Crippen molar-refractivity contribution in [2.45, 2.75) is 69.8 Å². The standard InChI is InChI=1S/C20H28N4O2/c1-13(2)18(21)19(25)24-14-5-6-15(24)11-20(26,10-14)12-23-9-7-16-17(23)4-3-8-22-16/h3-4,7-9,13-15,18,26H,5-6,10-12,21H2,1-2H3/t14-,15-,18-/m1/s1. The van der Waals surface area contributed by atoms with Gasteiger partial charge in [-0.15, -0.1) is 0 Å². The molecule has 0 aromatic carbocycles. The summed E-state index contributed by atoms with van der Waals surface area (Å²) in [4.78, 5) is 19.2. The van der Waals surface area contributed by atoms with Crippen molar-refractivity contribution < 1.29 is 9.90 Å². The van der Waals surface area contributed by atoms with Crippen LogP contribution in [-0.2, 0) is 11.3 Å². The predicted molar refractivity (Wildman–Crippen MR) is 100 cm³/mol. The molecule has 0 unspecified atom stereocenters. The number of fused-ring (bicyclic) bond motifs is 3. The molecule has 2 aliphatic rings. The molecule has 2 aromatic rings. The lowest BCUT2D eigenvalue weighted by Gasteiger charge is -2.45. The molecule has 0 radical (unpaired) electrons. The molecule has 4 rings (SSSR count). The number of amides is 1. The molecule has 3 atom stereocenters. The zero-order chi connectivity index (χ0) is 18.5. The van der Waals surface area contributed by atoms with Gasteiger partial charge in [0.15, 0.2) is 0 Å². The smallest absolute Gasteiger partial charge is 0.240 e. The maximum Gasteiger partial charge on any atom is 0.240 e. The van der Waals surface area contributed by atoms with Crippen molar-refractivity contribution in [1.82, 2.24) is 14.5 Å². The van der Waals surface area contributed by atoms with Crippen LogP contribution in [0.25, 0.3) is 11.0 Å². The van der Waals surface area contributed by atoms with Gasteiger partial charge in [0, 0.05) is 24.5 Å². The minimum atomic E-state index is -0.799. The molecule has 26 heavy (non-hydrogen) atoms. The van der Waals surface area contributed by atoms with Crippen molar-refractivity contribution in [1.29, 1.82) is 0 Å². The van der Waals surface area contributed by atoms with E-state index in [-0.39, 0.29) is 23.9 Å².